The molecule has 1 fully saturated rings. The van der Waals surface area contributed by atoms with Crippen molar-refractivity contribution >= 4 is 5.91 Å². The minimum Gasteiger partial charge on any atom is -0.394 e. The summed E-state index contributed by atoms with van der Waals surface area (Å²) in [5, 5.41) is 76.6. The van der Waals surface area contributed by atoms with Crippen molar-refractivity contribution in [1.29, 1.82) is 0 Å². The van der Waals surface area contributed by atoms with Crippen molar-refractivity contribution in [2.45, 2.75) is 428 Å². The van der Waals surface area contributed by atoms with E-state index in [1.807, 2.05) is 0 Å². The van der Waals surface area contributed by atoms with Gasteiger partial charge in [0.2, 0.25) is 5.91 Å². The van der Waals surface area contributed by atoms with Gasteiger partial charge in [-0.05, 0) is 38.5 Å². The molecule has 1 aliphatic rings. The van der Waals surface area contributed by atoms with Gasteiger partial charge in [-0.25, -0.2) is 0 Å². The van der Waals surface area contributed by atoms with E-state index in [0.717, 1.165) is 38.5 Å². The van der Waals surface area contributed by atoms with Crippen molar-refractivity contribution in [3.63, 3.8) is 0 Å². The highest BCUT2D eigenvalue weighted by Gasteiger charge is 2.44. The van der Waals surface area contributed by atoms with Crippen molar-refractivity contribution in [2.75, 3.05) is 13.2 Å². The fraction of sp³-hybridized carbons (Fsp3) is 0.958. The maximum absolute atomic E-state index is 13.3. The van der Waals surface area contributed by atoms with Gasteiger partial charge in [0.25, 0.3) is 0 Å². The summed E-state index contributed by atoms with van der Waals surface area (Å²) in [6.07, 6.45) is 64.4. The molecule has 1 amide bonds. The minimum absolute atomic E-state index is 0.263. The van der Waals surface area contributed by atoms with E-state index in [2.05, 4.69) is 31.3 Å². The van der Waals surface area contributed by atoms with Crippen LogP contribution in [0.4, 0.5) is 0 Å². The molecular weight excluding hydrogens is 1040 g/mol. The SMILES string of the molecule is CCCCCCCCCCCCCC/C=C\CCCCCCCCCCCCCC(O)C(=O)NC(COC1OC(CO)C(O)C(O)C1O)C(O)C(O)CCCCCCCCCCCCCCCCCCCCCCCCCCCCCCC. The van der Waals surface area contributed by atoms with Crippen LogP contribution in [0.3, 0.4) is 0 Å². The molecule has 11 heteroatoms. The van der Waals surface area contributed by atoms with Gasteiger partial charge in [0, 0.05) is 0 Å². The van der Waals surface area contributed by atoms with E-state index in [0.29, 0.717) is 19.3 Å². The summed E-state index contributed by atoms with van der Waals surface area (Å²) in [5.74, 6) is -0.690. The van der Waals surface area contributed by atoms with Gasteiger partial charge in [-0.15, -0.1) is 0 Å². The first-order valence-electron chi connectivity index (χ1n) is 36.6. The van der Waals surface area contributed by atoms with Gasteiger partial charge in [-0.2, -0.15) is 0 Å². The molecule has 0 spiro atoms. The van der Waals surface area contributed by atoms with Gasteiger partial charge >= 0.3 is 0 Å². The number of nitrogens with one attached hydrogen (secondary N) is 1. The van der Waals surface area contributed by atoms with Gasteiger partial charge in [0.05, 0.1) is 25.4 Å². The number of allylic oxidation sites excluding steroid dienone is 2. The van der Waals surface area contributed by atoms with Gasteiger partial charge < -0.3 is 50.5 Å². The molecule has 8 N–H and O–H groups in total. The molecule has 1 heterocycles. The zero-order valence-electron chi connectivity index (χ0n) is 54.7. The van der Waals surface area contributed by atoms with Crippen LogP contribution in [-0.4, -0.2) is 110 Å². The predicted molar refractivity (Wildman–Crippen MR) is 349 cm³/mol. The maximum atomic E-state index is 13.3. The number of aliphatic hydroxyl groups is 7. The Hall–Kier alpha value is -1.15. The van der Waals surface area contributed by atoms with Crippen LogP contribution in [0.15, 0.2) is 12.2 Å². The van der Waals surface area contributed by atoms with E-state index in [-0.39, 0.29) is 6.42 Å². The van der Waals surface area contributed by atoms with Crippen molar-refractivity contribution in [1.82, 2.24) is 5.32 Å². The Kier molecular flexibility index (Phi) is 58.8. The summed E-state index contributed by atoms with van der Waals surface area (Å²) < 4.78 is 11.2. The van der Waals surface area contributed by atoms with Crippen LogP contribution in [0, 0.1) is 0 Å². The number of amides is 1. The molecule has 0 bridgehead atoms. The Labute approximate surface area is 512 Å². The smallest absolute Gasteiger partial charge is 0.249 e. The van der Waals surface area contributed by atoms with Crippen molar-refractivity contribution in [3.05, 3.63) is 12.2 Å². The lowest BCUT2D eigenvalue weighted by atomic mass is 9.98. The van der Waals surface area contributed by atoms with Crippen LogP contribution in [-0.2, 0) is 14.3 Å². The van der Waals surface area contributed by atoms with Gasteiger partial charge in [0.15, 0.2) is 6.29 Å². The molecular formula is C72H141NO10. The highest BCUT2D eigenvalue weighted by molar-refractivity contribution is 5.80. The Morgan fingerprint density at radius 2 is 0.699 bits per heavy atom. The third kappa shape index (κ3) is 48.5. The van der Waals surface area contributed by atoms with E-state index < -0.39 is 74.2 Å². The molecule has 9 atom stereocenters. The van der Waals surface area contributed by atoms with Crippen LogP contribution >= 0.6 is 0 Å². The average molecular weight is 1180 g/mol. The van der Waals surface area contributed by atoms with Gasteiger partial charge in [-0.3, -0.25) is 4.79 Å². The number of unbranched alkanes of at least 4 members (excludes halogenated alkanes) is 51. The molecule has 11 nitrogen and oxygen atoms in total. The number of rotatable bonds is 65. The largest absolute Gasteiger partial charge is 0.394 e. The molecule has 83 heavy (non-hydrogen) atoms. The second-order valence-electron chi connectivity index (χ2n) is 26.0. The number of ether oxygens (including phenoxy) is 2. The van der Waals surface area contributed by atoms with E-state index in [4.69, 9.17) is 9.47 Å². The van der Waals surface area contributed by atoms with E-state index in [1.54, 1.807) is 0 Å². The van der Waals surface area contributed by atoms with E-state index in [9.17, 15) is 40.5 Å². The molecule has 1 rings (SSSR count). The summed E-state index contributed by atoms with van der Waals surface area (Å²) in [6, 6.07) is -1.17. The highest BCUT2D eigenvalue weighted by atomic mass is 16.7. The molecule has 0 radical (unpaired) electrons. The molecule has 1 saturated heterocycles. The van der Waals surface area contributed by atoms with Crippen LogP contribution in [0.1, 0.15) is 373 Å². The van der Waals surface area contributed by atoms with E-state index in [1.165, 1.54) is 295 Å². The molecule has 0 aromatic rings. The number of hydrogen-bond donors (Lipinski definition) is 8. The lowest BCUT2D eigenvalue weighted by Crippen LogP contribution is -2.60. The van der Waals surface area contributed by atoms with Crippen LogP contribution in [0.5, 0.6) is 0 Å². The first-order valence-corrected chi connectivity index (χ1v) is 36.6. The molecule has 0 saturated carbocycles. The van der Waals surface area contributed by atoms with Gasteiger partial charge in [-0.1, -0.05) is 347 Å². The molecule has 0 aliphatic carbocycles. The average Bonchev–Trinajstić information content (AvgIpc) is 3.68. The van der Waals surface area contributed by atoms with Gasteiger partial charge in [0.1, 0.15) is 36.6 Å². The summed E-state index contributed by atoms with van der Waals surface area (Å²) >= 11 is 0. The van der Waals surface area contributed by atoms with Crippen LogP contribution < -0.4 is 5.32 Å². The quantitative estimate of drug-likeness (QED) is 0.0215. The number of hydrogen-bond acceptors (Lipinski definition) is 10. The normalized spacial score (nSPS) is 19.0. The fourth-order valence-electron chi connectivity index (χ4n) is 12.2. The zero-order valence-corrected chi connectivity index (χ0v) is 54.7. The number of carbonyl (C=O) groups excluding carboxylic acids is 1. The monoisotopic (exact) mass is 1180 g/mol. The van der Waals surface area contributed by atoms with Crippen molar-refractivity contribution in [2.24, 2.45) is 0 Å². The molecule has 1 aliphatic heterocycles. The van der Waals surface area contributed by atoms with Crippen LogP contribution in [0.2, 0.25) is 0 Å². The summed E-state index contributed by atoms with van der Waals surface area (Å²) in [6.45, 7) is 3.53. The second-order valence-corrected chi connectivity index (χ2v) is 26.0. The highest BCUT2D eigenvalue weighted by Crippen LogP contribution is 2.24. The molecule has 494 valence electrons. The summed E-state index contributed by atoms with van der Waals surface area (Å²) in [7, 11) is 0. The summed E-state index contributed by atoms with van der Waals surface area (Å²) in [4.78, 5) is 13.3. The predicted octanol–water partition coefficient (Wildman–Crippen LogP) is 17.8. The minimum atomic E-state index is -1.66. The summed E-state index contributed by atoms with van der Waals surface area (Å²) in [5.41, 5.74) is 0. The third-order valence-corrected chi connectivity index (χ3v) is 18.1. The zero-order chi connectivity index (χ0) is 60.3. The molecule has 0 aromatic carbocycles. The first-order chi connectivity index (χ1) is 40.7. The standard InChI is InChI=1S/C72H141NO10/c1-3-5-7-9-11-13-15-17-19-21-23-25-27-29-31-32-34-35-37-39-41-43-45-47-49-51-53-55-57-59-64(75)67(77)63(62-82-72-70(80)69(79)68(78)66(61-74)83-72)73-71(81)65(76)60-58-56-54-52-50-48-46-44-42-40-38-36-33-30-28-26-24-22-20-18-16-14-12-10-8-6-4-2/h30,33,63-70,72,74-80H,3-29,31-32,34-62H2,1-2H3,(H,73,81)/b33-30-. The Bertz CT molecular complexity index is 1350. The van der Waals surface area contributed by atoms with Crippen LogP contribution in [0.25, 0.3) is 0 Å². The van der Waals surface area contributed by atoms with E-state index >= 15 is 0 Å². The molecule has 9 unspecified atom stereocenters. The molecule has 0 aromatic heterocycles. The maximum Gasteiger partial charge on any atom is 0.249 e. The number of carbonyl (C=O) groups is 1. The Balaban J connectivity index is 2.18. The topological polar surface area (TPSA) is 189 Å². The Morgan fingerprint density at radius 1 is 0.410 bits per heavy atom. The Morgan fingerprint density at radius 3 is 1.01 bits per heavy atom. The first kappa shape index (κ1) is 79.9. The second kappa shape index (κ2) is 61.1. The fourth-order valence-corrected chi connectivity index (χ4v) is 12.2. The lowest BCUT2D eigenvalue weighted by molar-refractivity contribution is -0.303. The third-order valence-electron chi connectivity index (χ3n) is 18.1. The van der Waals surface area contributed by atoms with Crippen molar-refractivity contribution < 1.29 is 50.0 Å². The lowest BCUT2D eigenvalue weighted by Gasteiger charge is -2.40. The van der Waals surface area contributed by atoms with Crippen molar-refractivity contribution in [3.8, 4) is 0 Å². The number of aliphatic hydroxyl groups excluding tert-OH is 7.